The summed E-state index contributed by atoms with van der Waals surface area (Å²) in [5.41, 5.74) is 1.51. The molecular formula is C12H18N2O3S. The van der Waals surface area contributed by atoms with Crippen LogP contribution in [0.3, 0.4) is 0 Å². The monoisotopic (exact) mass is 270 g/mol. The molecule has 0 fully saturated rings. The highest BCUT2D eigenvalue weighted by molar-refractivity contribution is 7.99. The molecule has 1 aromatic rings. The lowest BCUT2D eigenvalue weighted by Crippen LogP contribution is -2.15. The summed E-state index contributed by atoms with van der Waals surface area (Å²) in [6.07, 6.45) is -0.397. The van der Waals surface area contributed by atoms with Crippen LogP contribution in [0.5, 0.6) is 0 Å². The van der Waals surface area contributed by atoms with Crippen LogP contribution in [0.4, 0.5) is 11.4 Å². The lowest BCUT2D eigenvalue weighted by molar-refractivity contribution is -0.384. The maximum absolute atomic E-state index is 10.9. The number of benzene rings is 1. The number of nitro benzene ring substituents is 1. The molecule has 0 radical (unpaired) electrons. The lowest BCUT2D eigenvalue weighted by atomic mass is 10.1. The van der Waals surface area contributed by atoms with Crippen LogP contribution in [-0.4, -0.2) is 28.4 Å². The molecular weight excluding hydrogens is 252 g/mol. The Balaban J connectivity index is 2.89. The van der Waals surface area contributed by atoms with Gasteiger partial charge in [-0.25, -0.2) is 0 Å². The van der Waals surface area contributed by atoms with Gasteiger partial charge in [0, 0.05) is 24.1 Å². The van der Waals surface area contributed by atoms with E-state index in [-0.39, 0.29) is 10.9 Å². The minimum Gasteiger partial charge on any atom is -0.392 e. The number of aliphatic hydroxyl groups is 1. The van der Waals surface area contributed by atoms with Crippen molar-refractivity contribution in [2.24, 2.45) is 0 Å². The number of para-hydroxylation sites is 1. The number of hydrogen-bond donors (Lipinski definition) is 2. The molecule has 0 saturated carbocycles. The topological polar surface area (TPSA) is 75.4 Å². The molecule has 0 bridgehead atoms. The number of rotatable bonds is 6. The quantitative estimate of drug-likeness (QED) is 0.614. The second kappa shape index (κ2) is 6.61. The van der Waals surface area contributed by atoms with Crippen molar-refractivity contribution < 1.29 is 10.0 Å². The third-order valence-corrected chi connectivity index (χ3v) is 4.15. The van der Waals surface area contributed by atoms with Crippen molar-refractivity contribution in [1.29, 1.82) is 0 Å². The molecule has 0 aliphatic rings. The van der Waals surface area contributed by atoms with Gasteiger partial charge in [0.15, 0.2) is 0 Å². The van der Waals surface area contributed by atoms with Crippen LogP contribution in [0.25, 0.3) is 0 Å². The maximum atomic E-state index is 10.9. The Kier molecular flexibility index (Phi) is 5.43. The number of thioether (sulfide) groups is 1. The van der Waals surface area contributed by atoms with E-state index in [2.05, 4.69) is 5.32 Å². The highest BCUT2D eigenvalue weighted by atomic mass is 32.2. The molecule has 100 valence electrons. The van der Waals surface area contributed by atoms with Crippen molar-refractivity contribution in [3.8, 4) is 0 Å². The molecule has 0 saturated heterocycles. The van der Waals surface area contributed by atoms with Crippen molar-refractivity contribution >= 4 is 23.1 Å². The molecule has 2 N–H and O–H groups in total. The third-order valence-electron chi connectivity index (χ3n) is 2.76. The molecule has 2 unspecified atom stereocenters. The summed E-state index contributed by atoms with van der Waals surface area (Å²) in [5.74, 6) is 0.629. The number of hydrogen-bond acceptors (Lipinski definition) is 5. The van der Waals surface area contributed by atoms with Crippen LogP contribution in [0, 0.1) is 10.1 Å². The summed E-state index contributed by atoms with van der Waals surface area (Å²) >= 11 is 1.57. The van der Waals surface area contributed by atoms with Gasteiger partial charge in [0.25, 0.3) is 5.69 Å². The Bertz CT molecular complexity index is 424. The van der Waals surface area contributed by atoms with Crippen molar-refractivity contribution in [3.63, 3.8) is 0 Å². The molecule has 6 heteroatoms. The zero-order valence-corrected chi connectivity index (χ0v) is 11.5. The predicted molar refractivity (Wildman–Crippen MR) is 75.1 cm³/mol. The maximum Gasteiger partial charge on any atom is 0.292 e. The van der Waals surface area contributed by atoms with Crippen molar-refractivity contribution in [2.75, 3.05) is 12.4 Å². The van der Waals surface area contributed by atoms with Gasteiger partial charge in [-0.2, -0.15) is 11.8 Å². The second-order valence-electron chi connectivity index (χ2n) is 4.08. The van der Waals surface area contributed by atoms with E-state index >= 15 is 0 Å². The van der Waals surface area contributed by atoms with Crippen LogP contribution in [0.2, 0.25) is 0 Å². The first kappa shape index (κ1) is 14.8. The van der Waals surface area contributed by atoms with Crippen LogP contribution in [-0.2, 0) is 5.75 Å². The molecule has 0 aliphatic carbocycles. The lowest BCUT2D eigenvalue weighted by Gasteiger charge is -2.15. The molecule has 0 amide bonds. The zero-order valence-electron chi connectivity index (χ0n) is 10.7. The summed E-state index contributed by atoms with van der Waals surface area (Å²) < 4.78 is 0. The molecule has 1 rings (SSSR count). The Morgan fingerprint density at radius 3 is 2.67 bits per heavy atom. The van der Waals surface area contributed by atoms with E-state index in [0.29, 0.717) is 11.4 Å². The highest BCUT2D eigenvalue weighted by Gasteiger charge is 2.17. The summed E-state index contributed by atoms with van der Waals surface area (Å²) in [6, 6.07) is 5.03. The molecule has 0 aliphatic heterocycles. The smallest absolute Gasteiger partial charge is 0.292 e. The number of nitrogens with one attached hydrogen (secondary N) is 1. The Labute approximate surface area is 111 Å². The van der Waals surface area contributed by atoms with Crippen LogP contribution < -0.4 is 5.32 Å². The first-order valence-corrected chi connectivity index (χ1v) is 6.76. The predicted octanol–water partition coefficient (Wildman–Crippen LogP) is 2.64. The van der Waals surface area contributed by atoms with E-state index in [1.165, 1.54) is 6.07 Å². The van der Waals surface area contributed by atoms with E-state index < -0.39 is 11.0 Å². The Hall–Kier alpha value is -1.27. The van der Waals surface area contributed by atoms with Gasteiger partial charge in [-0.05, 0) is 12.5 Å². The molecule has 2 atom stereocenters. The summed E-state index contributed by atoms with van der Waals surface area (Å²) in [5, 5.41) is 23.3. The van der Waals surface area contributed by atoms with Gasteiger partial charge in [-0.3, -0.25) is 10.1 Å². The fraction of sp³-hybridized carbons (Fsp3) is 0.500. The van der Waals surface area contributed by atoms with Crippen molar-refractivity contribution in [1.82, 2.24) is 0 Å². The largest absolute Gasteiger partial charge is 0.392 e. The minimum atomic E-state index is -0.397. The summed E-state index contributed by atoms with van der Waals surface area (Å²) in [7, 11) is 1.68. The fourth-order valence-corrected chi connectivity index (χ4v) is 2.47. The van der Waals surface area contributed by atoms with E-state index in [1.807, 2.05) is 13.0 Å². The molecule has 1 aromatic carbocycles. The van der Waals surface area contributed by atoms with E-state index in [4.69, 9.17) is 0 Å². The minimum absolute atomic E-state index is 0.0836. The number of anilines is 1. The van der Waals surface area contributed by atoms with E-state index in [9.17, 15) is 15.2 Å². The van der Waals surface area contributed by atoms with Gasteiger partial charge in [0.2, 0.25) is 0 Å². The van der Waals surface area contributed by atoms with Gasteiger partial charge < -0.3 is 10.4 Å². The van der Waals surface area contributed by atoms with Crippen molar-refractivity contribution in [3.05, 3.63) is 33.9 Å². The van der Waals surface area contributed by atoms with Crippen molar-refractivity contribution in [2.45, 2.75) is 31.0 Å². The van der Waals surface area contributed by atoms with Gasteiger partial charge in [0.1, 0.15) is 5.69 Å². The fourth-order valence-electron chi connectivity index (χ4n) is 1.51. The Morgan fingerprint density at radius 2 is 2.17 bits per heavy atom. The average Bonchev–Trinajstić information content (AvgIpc) is 2.34. The standard InChI is InChI=1S/C12H18N2O3S/c1-8(15)9(2)18-7-10-5-4-6-11(14(16)17)12(10)13-3/h4-6,8-9,13,15H,7H2,1-3H3. The highest BCUT2D eigenvalue weighted by Crippen LogP contribution is 2.31. The second-order valence-corrected chi connectivity index (χ2v) is 5.44. The first-order chi connectivity index (χ1) is 8.47. The molecule has 0 heterocycles. The first-order valence-electron chi connectivity index (χ1n) is 5.71. The van der Waals surface area contributed by atoms with Gasteiger partial charge in [0.05, 0.1) is 11.0 Å². The SMILES string of the molecule is CNc1c(CSC(C)C(C)O)cccc1[N+](=O)[O-]. The zero-order chi connectivity index (χ0) is 13.7. The molecule has 18 heavy (non-hydrogen) atoms. The Morgan fingerprint density at radius 1 is 1.50 bits per heavy atom. The molecule has 0 spiro atoms. The molecule has 0 aromatic heterocycles. The summed E-state index contributed by atoms with van der Waals surface area (Å²) in [6.45, 7) is 3.68. The molecule has 5 nitrogen and oxygen atoms in total. The van der Waals surface area contributed by atoms with Gasteiger partial charge in [-0.15, -0.1) is 0 Å². The van der Waals surface area contributed by atoms with Crippen LogP contribution in [0.15, 0.2) is 18.2 Å². The number of nitrogens with zero attached hydrogens (tertiary/aromatic N) is 1. The summed E-state index contributed by atoms with van der Waals surface area (Å²) in [4.78, 5) is 10.5. The van der Waals surface area contributed by atoms with Gasteiger partial charge in [-0.1, -0.05) is 19.1 Å². The van der Waals surface area contributed by atoms with E-state index in [1.54, 1.807) is 31.8 Å². The van der Waals surface area contributed by atoms with Gasteiger partial charge >= 0.3 is 0 Å². The van der Waals surface area contributed by atoms with Crippen LogP contribution >= 0.6 is 11.8 Å². The average molecular weight is 270 g/mol. The van der Waals surface area contributed by atoms with Crippen LogP contribution in [0.1, 0.15) is 19.4 Å². The number of aliphatic hydroxyl groups excluding tert-OH is 1. The number of nitro groups is 1. The normalized spacial score (nSPS) is 14.0. The third kappa shape index (κ3) is 3.61. The van der Waals surface area contributed by atoms with E-state index in [0.717, 1.165) is 5.56 Å².